The van der Waals surface area contributed by atoms with Crippen LogP contribution in [0.25, 0.3) is 0 Å². The highest BCUT2D eigenvalue weighted by Crippen LogP contribution is 2.21. The molecule has 0 unspecified atom stereocenters. The van der Waals surface area contributed by atoms with Crippen LogP contribution in [0.4, 0.5) is 5.69 Å². The molecule has 0 saturated carbocycles. The number of hydrogen-bond donors (Lipinski definition) is 2. The van der Waals surface area contributed by atoms with Crippen molar-refractivity contribution in [3.8, 4) is 0 Å². The molecule has 1 aromatic rings. The van der Waals surface area contributed by atoms with Gasteiger partial charge in [-0.1, -0.05) is 12.1 Å². The van der Waals surface area contributed by atoms with E-state index in [-0.39, 0.29) is 5.91 Å². The molecule has 1 aromatic carbocycles. The quantitative estimate of drug-likeness (QED) is 0.591. The van der Waals surface area contributed by atoms with E-state index in [4.69, 9.17) is 12.2 Å². The van der Waals surface area contributed by atoms with Crippen LogP contribution in [0.3, 0.4) is 0 Å². The van der Waals surface area contributed by atoms with Crippen molar-refractivity contribution in [2.45, 2.75) is 25.8 Å². The number of hydrogen-bond acceptors (Lipinski definition) is 3. The first-order chi connectivity index (χ1) is 10.7. The summed E-state index contributed by atoms with van der Waals surface area (Å²) in [5, 5.41) is 7.10. The molecule has 0 spiro atoms. The molecule has 0 radical (unpaired) electrons. The Morgan fingerprint density at radius 1 is 1.32 bits per heavy atom. The van der Waals surface area contributed by atoms with Crippen molar-refractivity contribution in [2.24, 2.45) is 0 Å². The smallest absolute Gasteiger partial charge is 0.227 e. The molecule has 4 nitrogen and oxygen atoms in total. The Morgan fingerprint density at radius 3 is 2.73 bits per heavy atom. The molecule has 0 aromatic heterocycles. The molecular weight excluding hydrogens is 314 g/mol. The van der Waals surface area contributed by atoms with Gasteiger partial charge in [-0.2, -0.15) is 11.8 Å². The van der Waals surface area contributed by atoms with Gasteiger partial charge in [0.2, 0.25) is 5.91 Å². The highest BCUT2D eigenvalue weighted by Gasteiger charge is 2.21. The first-order valence-electron chi connectivity index (χ1n) is 7.60. The molecule has 1 fully saturated rings. The Balaban J connectivity index is 1.74. The largest absolute Gasteiger partial charge is 0.363 e. The summed E-state index contributed by atoms with van der Waals surface area (Å²) in [6.07, 6.45) is 4.84. The Labute approximate surface area is 142 Å². The molecule has 0 atom stereocenters. The van der Waals surface area contributed by atoms with E-state index in [1.54, 1.807) is 0 Å². The van der Waals surface area contributed by atoms with Crippen LogP contribution in [0.5, 0.6) is 0 Å². The predicted octanol–water partition coefficient (Wildman–Crippen LogP) is 2.53. The van der Waals surface area contributed by atoms with Crippen LogP contribution in [-0.2, 0) is 11.3 Å². The zero-order valence-corrected chi connectivity index (χ0v) is 14.6. The second kappa shape index (κ2) is 9.00. The van der Waals surface area contributed by atoms with Gasteiger partial charge in [0.15, 0.2) is 5.11 Å². The first kappa shape index (κ1) is 17.1. The fraction of sp³-hybridized carbons (Fsp3) is 0.500. The lowest BCUT2D eigenvalue weighted by molar-refractivity contribution is -0.117. The lowest BCUT2D eigenvalue weighted by atomic mass is 10.2. The fourth-order valence-corrected chi connectivity index (χ4v) is 2.99. The van der Waals surface area contributed by atoms with E-state index < -0.39 is 0 Å². The first-order valence-corrected chi connectivity index (χ1v) is 9.41. The van der Waals surface area contributed by atoms with Gasteiger partial charge >= 0.3 is 0 Å². The van der Waals surface area contributed by atoms with Crippen LogP contribution < -0.4 is 15.5 Å². The third kappa shape index (κ3) is 5.18. The Hall–Kier alpha value is -1.27. The summed E-state index contributed by atoms with van der Waals surface area (Å²) in [6.45, 7) is 2.44. The average Bonchev–Trinajstić information content (AvgIpc) is 2.96. The maximum atomic E-state index is 11.7. The third-order valence-corrected chi connectivity index (χ3v) is 4.57. The molecule has 2 rings (SSSR count). The highest BCUT2D eigenvalue weighted by molar-refractivity contribution is 7.98. The molecule has 0 bridgehead atoms. The SMILES string of the molecule is CSCCCNC(=S)NCc1ccc(N2CCCC2=O)cc1. The zero-order chi connectivity index (χ0) is 15.8. The van der Waals surface area contributed by atoms with Crippen LogP contribution in [-0.4, -0.2) is 36.1 Å². The van der Waals surface area contributed by atoms with Gasteiger partial charge in [-0.25, -0.2) is 0 Å². The Kier molecular flexibility index (Phi) is 6.99. The fourth-order valence-electron chi connectivity index (χ4n) is 2.38. The van der Waals surface area contributed by atoms with E-state index in [1.807, 2.05) is 40.9 Å². The molecule has 1 heterocycles. The monoisotopic (exact) mass is 337 g/mol. The van der Waals surface area contributed by atoms with E-state index in [0.717, 1.165) is 42.9 Å². The van der Waals surface area contributed by atoms with Crippen LogP contribution in [0.2, 0.25) is 0 Å². The number of rotatable bonds is 7. The molecule has 0 aliphatic carbocycles. The zero-order valence-electron chi connectivity index (χ0n) is 12.9. The lowest BCUT2D eigenvalue weighted by Crippen LogP contribution is -2.35. The number of benzene rings is 1. The minimum absolute atomic E-state index is 0.224. The van der Waals surface area contributed by atoms with Crippen molar-refractivity contribution < 1.29 is 4.79 Å². The maximum absolute atomic E-state index is 11.7. The van der Waals surface area contributed by atoms with Crippen molar-refractivity contribution in [1.29, 1.82) is 0 Å². The summed E-state index contributed by atoms with van der Waals surface area (Å²) in [4.78, 5) is 13.6. The minimum Gasteiger partial charge on any atom is -0.363 e. The molecule has 2 N–H and O–H groups in total. The molecule has 1 saturated heterocycles. The molecule has 6 heteroatoms. The summed E-state index contributed by atoms with van der Waals surface area (Å²) in [5.41, 5.74) is 2.15. The van der Waals surface area contributed by atoms with Crippen molar-refractivity contribution in [3.63, 3.8) is 0 Å². The number of nitrogens with one attached hydrogen (secondary N) is 2. The molecular formula is C16H23N3OS2. The van der Waals surface area contributed by atoms with Crippen molar-refractivity contribution >= 4 is 40.7 Å². The van der Waals surface area contributed by atoms with Crippen LogP contribution in [0.1, 0.15) is 24.8 Å². The number of thiocarbonyl (C=S) groups is 1. The Bertz CT molecular complexity index is 505. The van der Waals surface area contributed by atoms with E-state index >= 15 is 0 Å². The van der Waals surface area contributed by atoms with Gasteiger partial charge in [0, 0.05) is 31.7 Å². The topological polar surface area (TPSA) is 44.4 Å². The van der Waals surface area contributed by atoms with Crippen molar-refractivity contribution in [2.75, 3.05) is 30.0 Å². The lowest BCUT2D eigenvalue weighted by Gasteiger charge is -2.16. The maximum Gasteiger partial charge on any atom is 0.227 e. The Morgan fingerprint density at radius 2 is 2.09 bits per heavy atom. The molecule has 1 amide bonds. The molecule has 22 heavy (non-hydrogen) atoms. The van der Waals surface area contributed by atoms with Gasteiger partial charge in [0.25, 0.3) is 0 Å². The summed E-state index contributed by atoms with van der Waals surface area (Å²) in [5.74, 6) is 1.37. The number of nitrogens with zero attached hydrogens (tertiary/aromatic N) is 1. The second-order valence-corrected chi connectivity index (χ2v) is 6.67. The highest BCUT2D eigenvalue weighted by atomic mass is 32.2. The van der Waals surface area contributed by atoms with Gasteiger partial charge in [0.1, 0.15) is 0 Å². The minimum atomic E-state index is 0.224. The van der Waals surface area contributed by atoms with Gasteiger partial charge < -0.3 is 15.5 Å². The number of carbonyl (C=O) groups excluding carboxylic acids is 1. The van der Waals surface area contributed by atoms with Crippen LogP contribution >= 0.6 is 24.0 Å². The van der Waals surface area contributed by atoms with Crippen LogP contribution in [0, 0.1) is 0 Å². The normalized spacial score (nSPS) is 14.2. The van der Waals surface area contributed by atoms with E-state index in [1.165, 1.54) is 0 Å². The second-order valence-electron chi connectivity index (χ2n) is 5.27. The average molecular weight is 338 g/mol. The predicted molar refractivity (Wildman–Crippen MR) is 98.5 cm³/mol. The van der Waals surface area contributed by atoms with E-state index in [9.17, 15) is 4.79 Å². The summed E-state index contributed by atoms with van der Waals surface area (Å²) in [6, 6.07) is 8.11. The molecule has 1 aliphatic heterocycles. The summed E-state index contributed by atoms with van der Waals surface area (Å²) >= 11 is 7.09. The summed E-state index contributed by atoms with van der Waals surface area (Å²) in [7, 11) is 0. The number of thioether (sulfide) groups is 1. The molecule has 1 aliphatic rings. The van der Waals surface area contributed by atoms with Gasteiger partial charge in [-0.05, 0) is 54.8 Å². The van der Waals surface area contributed by atoms with Gasteiger partial charge in [-0.3, -0.25) is 4.79 Å². The standard InChI is InChI=1S/C16H23N3OS2/c1-22-11-3-9-17-16(21)18-12-13-5-7-14(8-6-13)19-10-2-4-15(19)20/h5-8H,2-4,9-12H2,1H3,(H2,17,18,21). The summed E-state index contributed by atoms with van der Waals surface area (Å²) < 4.78 is 0. The van der Waals surface area contributed by atoms with Crippen LogP contribution in [0.15, 0.2) is 24.3 Å². The van der Waals surface area contributed by atoms with E-state index in [0.29, 0.717) is 18.1 Å². The van der Waals surface area contributed by atoms with Gasteiger partial charge in [0.05, 0.1) is 0 Å². The van der Waals surface area contributed by atoms with E-state index in [2.05, 4.69) is 16.9 Å². The number of amides is 1. The third-order valence-electron chi connectivity index (χ3n) is 3.59. The number of carbonyl (C=O) groups is 1. The van der Waals surface area contributed by atoms with Gasteiger partial charge in [-0.15, -0.1) is 0 Å². The van der Waals surface area contributed by atoms with Crippen molar-refractivity contribution in [3.05, 3.63) is 29.8 Å². The molecule has 120 valence electrons. The number of anilines is 1. The van der Waals surface area contributed by atoms with Crippen molar-refractivity contribution in [1.82, 2.24) is 10.6 Å².